The molecule has 3 N–H and O–H groups in total. The van der Waals surface area contributed by atoms with Gasteiger partial charge in [-0.3, -0.25) is 0 Å². The van der Waals surface area contributed by atoms with Gasteiger partial charge in [-0.05, 0) is 25.1 Å². The van der Waals surface area contributed by atoms with E-state index in [0.717, 1.165) is 12.1 Å². The minimum Gasteiger partial charge on any atom is -0.507 e. The third kappa shape index (κ3) is 3.25. The maximum Gasteiger partial charge on any atom is 0.124 e. The summed E-state index contributed by atoms with van der Waals surface area (Å²) < 4.78 is 0. The van der Waals surface area contributed by atoms with Gasteiger partial charge in [0.05, 0.1) is 5.56 Å². The van der Waals surface area contributed by atoms with E-state index in [-0.39, 0.29) is 6.04 Å². The molecule has 0 aliphatic heterocycles. The SMILES string of the molecule is C[C@H]([NH2+]Cc1ccccc1)c1cc(Cl)ccc1O. The minimum absolute atomic E-state index is 0.170. The fraction of sp³-hybridized carbons (Fsp3) is 0.200. The zero-order valence-corrected chi connectivity index (χ0v) is 11.1. The van der Waals surface area contributed by atoms with Gasteiger partial charge >= 0.3 is 0 Å². The maximum atomic E-state index is 9.82. The van der Waals surface area contributed by atoms with Gasteiger partial charge in [0, 0.05) is 10.6 Å². The van der Waals surface area contributed by atoms with E-state index in [1.807, 2.05) is 24.3 Å². The molecule has 0 unspecified atom stereocenters. The van der Waals surface area contributed by atoms with E-state index in [1.54, 1.807) is 12.1 Å². The molecule has 3 heteroatoms. The molecule has 0 spiro atoms. The highest BCUT2D eigenvalue weighted by molar-refractivity contribution is 6.30. The monoisotopic (exact) mass is 262 g/mol. The largest absolute Gasteiger partial charge is 0.507 e. The lowest BCUT2D eigenvalue weighted by Crippen LogP contribution is -2.83. The Kier molecular flexibility index (Phi) is 4.24. The highest BCUT2D eigenvalue weighted by atomic mass is 35.5. The highest BCUT2D eigenvalue weighted by Gasteiger charge is 2.13. The molecule has 0 bridgehead atoms. The van der Waals surface area contributed by atoms with Crippen LogP contribution < -0.4 is 5.32 Å². The predicted octanol–water partition coefficient (Wildman–Crippen LogP) is 2.87. The summed E-state index contributed by atoms with van der Waals surface area (Å²) in [4.78, 5) is 0. The van der Waals surface area contributed by atoms with E-state index in [0.29, 0.717) is 10.8 Å². The molecule has 0 aliphatic rings. The van der Waals surface area contributed by atoms with Crippen LogP contribution in [0.15, 0.2) is 48.5 Å². The number of phenolic OH excluding ortho intramolecular Hbond substituents is 1. The molecule has 0 heterocycles. The summed E-state index contributed by atoms with van der Waals surface area (Å²) in [6.07, 6.45) is 0. The second-order valence-corrected chi connectivity index (χ2v) is 4.85. The van der Waals surface area contributed by atoms with Crippen LogP contribution in [0.3, 0.4) is 0 Å². The van der Waals surface area contributed by atoms with Crippen molar-refractivity contribution in [2.24, 2.45) is 0 Å². The number of hydrogen-bond donors (Lipinski definition) is 2. The Morgan fingerprint density at radius 3 is 2.61 bits per heavy atom. The van der Waals surface area contributed by atoms with Gasteiger partial charge in [-0.2, -0.15) is 0 Å². The van der Waals surface area contributed by atoms with Gasteiger partial charge in [-0.1, -0.05) is 41.9 Å². The van der Waals surface area contributed by atoms with Crippen molar-refractivity contribution in [1.82, 2.24) is 0 Å². The van der Waals surface area contributed by atoms with Crippen molar-refractivity contribution in [3.63, 3.8) is 0 Å². The first-order valence-electron chi connectivity index (χ1n) is 6.02. The number of hydrogen-bond acceptors (Lipinski definition) is 1. The topological polar surface area (TPSA) is 36.8 Å². The number of nitrogens with two attached hydrogens (primary N) is 1. The number of rotatable bonds is 4. The van der Waals surface area contributed by atoms with Crippen molar-refractivity contribution in [1.29, 1.82) is 0 Å². The van der Waals surface area contributed by atoms with Crippen molar-refractivity contribution < 1.29 is 10.4 Å². The smallest absolute Gasteiger partial charge is 0.124 e. The normalized spacial score (nSPS) is 12.3. The lowest BCUT2D eigenvalue weighted by Gasteiger charge is -2.13. The third-order valence-electron chi connectivity index (χ3n) is 3.03. The molecule has 0 radical (unpaired) electrons. The van der Waals surface area contributed by atoms with Crippen molar-refractivity contribution in [2.45, 2.75) is 19.5 Å². The summed E-state index contributed by atoms with van der Waals surface area (Å²) in [7, 11) is 0. The van der Waals surface area contributed by atoms with Crippen LogP contribution in [-0.2, 0) is 6.54 Å². The van der Waals surface area contributed by atoms with E-state index >= 15 is 0 Å². The van der Waals surface area contributed by atoms with Crippen LogP contribution in [0.4, 0.5) is 0 Å². The molecule has 2 aromatic rings. The summed E-state index contributed by atoms with van der Waals surface area (Å²) >= 11 is 5.95. The molecular formula is C15H17ClNO+. The lowest BCUT2D eigenvalue weighted by atomic mass is 10.1. The Labute approximate surface area is 112 Å². The van der Waals surface area contributed by atoms with Gasteiger partial charge in [0.25, 0.3) is 0 Å². The average Bonchev–Trinajstić information content (AvgIpc) is 2.40. The van der Waals surface area contributed by atoms with Crippen LogP contribution in [0.1, 0.15) is 24.1 Å². The first-order valence-corrected chi connectivity index (χ1v) is 6.40. The summed E-state index contributed by atoms with van der Waals surface area (Å²) in [6.45, 7) is 2.95. The molecule has 0 saturated carbocycles. The first-order chi connectivity index (χ1) is 8.66. The Balaban J connectivity index is 2.03. The molecule has 0 aliphatic carbocycles. The Hall–Kier alpha value is -1.51. The van der Waals surface area contributed by atoms with Crippen molar-refractivity contribution in [2.75, 3.05) is 0 Å². The van der Waals surface area contributed by atoms with Gasteiger partial charge in [-0.15, -0.1) is 0 Å². The Morgan fingerprint density at radius 2 is 1.89 bits per heavy atom. The average molecular weight is 263 g/mol. The fourth-order valence-corrected chi connectivity index (χ4v) is 2.12. The zero-order valence-electron chi connectivity index (χ0n) is 10.3. The molecule has 2 nitrogen and oxygen atoms in total. The number of quaternary nitrogens is 1. The second kappa shape index (κ2) is 5.89. The molecule has 18 heavy (non-hydrogen) atoms. The van der Waals surface area contributed by atoms with Gasteiger partial charge < -0.3 is 10.4 Å². The minimum atomic E-state index is 0.170. The Bertz CT molecular complexity index is 513. The van der Waals surface area contributed by atoms with Gasteiger partial charge in [0.1, 0.15) is 18.3 Å². The molecular weight excluding hydrogens is 246 g/mol. The maximum absolute atomic E-state index is 9.82. The van der Waals surface area contributed by atoms with Crippen LogP contribution in [-0.4, -0.2) is 5.11 Å². The molecule has 94 valence electrons. The number of halogens is 1. The van der Waals surface area contributed by atoms with Gasteiger partial charge in [-0.25, -0.2) is 0 Å². The lowest BCUT2D eigenvalue weighted by molar-refractivity contribution is -0.708. The first kappa shape index (κ1) is 12.9. The van der Waals surface area contributed by atoms with E-state index in [9.17, 15) is 5.11 Å². The predicted molar refractivity (Wildman–Crippen MR) is 73.6 cm³/mol. The number of phenols is 1. The van der Waals surface area contributed by atoms with Crippen molar-refractivity contribution in [3.05, 3.63) is 64.7 Å². The number of aromatic hydroxyl groups is 1. The third-order valence-corrected chi connectivity index (χ3v) is 3.27. The standard InChI is InChI=1S/C15H16ClNO/c1-11(14-9-13(16)7-8-15(14)18)17-10-12-5-3-2-4-6-12/h2-9,11,17-18H,10H2,1H3/p+1/t11-/m0/s1. The summed E-state index contributed by atoms with van der Waals surface area (Å²) in [5, 5.41) is 12.7. The second-order valence-electron chi connectivity index (χ2n) is 4.42. The molecule has 2 aromatic carbocycles. The molecule has 0 fully saturated rings. The van der Waals surface area contributed by atoms with E-state index in [2.05, 4.69) is 24.4 Å². The van der Waals surface area contributed by atoms with Crippen LogP contribution >= 0.6 is 11.6 Å². The van der Waals surface area contributed by atoms with Crippen LogP contribution in [0.25, 0.3) is 0 Å². The molecule has 0 saturated heterocycles. The quantitative estimate of drug-likeness (QED) is 0.874. The van der Waals surface area contributed by atoms with E-state index < -0.39 is 0 Å². The van der Waals surface area contributed by atoms with E-state index in [4.69, 9.17) is 11.6 Å². The van der Waals surface area contributed by atoms with Crippen LogP contribution in [0.2, 0.25) is 5.02 Å². The van der Waals surface area contributed by atoms with Crippen molar-refractivity contribution >= 4 is 11.6 Å². The van der Waals surface area contributed by atoms with E-state index in [1.165, 1.54) is 5.56 Å². The van der Waals surface area contributed by atoms with Gasteiger partial charge in [0.15, 0.2) is 0 Å². The summed E-state index contributed by atoms with van der Waals surface area (Å²) in [5.74, 6) is 0.302. The zero-order chi connectivity index (χ0) is 13.0. The Morgan fingerprint density at radius 1 is 1.17 bits per heavy atom. The van der Waals surface area contributed by atoms with Gasteiger partial charge in [0.2, 0.25) is 0 Å². The summed E-state index contributed by atoms with van der Waals surface area (Å²) in [5.41, 5.74) is 2.14. The molecule has 2 rings (SSSR count). The van der Waals surface area contributed by atoms with Crippen molar-refractivity contribution in [3.8, 4) is 5.75 Å². The molecule has 0 aromatic heterocycles. The fourth-order valence-electron chi connectivity index (χ4n) is 1.94. The van der Waals surface area contributed by atoms with Crippen LogP contribution in [0.5, 0.6) is 5.75 Å². The molecule has 0 amide bonds. The van der Waals surface area contributed by atoms with Crippen LogP contribution in [0, 0.1) is 0 Å². The molecule has 1 atom stereocenters. The highest BCUT2D eigenvalue weighted by Crippen LogP contribution is 2.25. The number of benzene rings is 2. The summed E-state index contributed by atoms with van der Waals surface area (Å²) in [6, 6.07) is 15.6.